The van der Waals surface area contributed by atoms with E-state index in [1.54, 1.807) is 18.2 Å². The lowest BCUT2D eigenvalue weighted by Gasteiger charge is -2.16. The summed E-state index contributed by atoms with van der Waals surface area (Å²) in [6.45, 7) is 0. The van der Waals surface area contributed by atoms with Gasteiger partial charge in [0.2, 0.25) is 0 Å². The number of hydrogen-bond acceptors (Lipinski definition) is 4. The second-order valence-electron chi connectivity index (χ2n) is 12.0. The first kappa shape index (κ1) is 20.0. The maximum atomic E-state index is 8.74. The molecular weight excluding hydrogens is 611 g/mol. The van der Waals surface area contributed by atoms with Crippen molar-refractivity contribution in [2.24, 2.45) is 0 Å². The van der Waals surface area contributed by atoms with E-state index in [0.29, 0.717) is 22.1 Å². The first-order valence-corrected chi connectivity index (χ1v) is 16.1. The Hall–Kier alpha value is -6.65. The van der Waals surface area contributed by atoms with Crippen molar-refractivity contribution in [3.05, 3.63) is 186 Å². The van der Waals surface area contributed by atoms with Crippen molar-refractivity contribution >= 4 is 21.9 Å². The largest absolute Gasteiger partial charge is 0.456 e. The van der Waals surface area contributed by atoms with Crippen LogP contribution < -0.4 is 0 Å². The molecule has 0 spiro atoms. The zero-order valence-electron chi connectivity index (χ0n) is 36.2. The summed E-state index contributed by atoms with van der Waals surface area (Å²) < 4.78 is 91.2. The van der Waals surface area contributed by atoms with Crippen molar-refractivity contribution in [3.8, 4) is 56.4 Å². The van der Waals surface area contributed by atoms with Crippen LogP contribution in [0.1, 0.15) is 36.3 Å². The first-order chi connectivity index (χ1) is 28.9. The number of nitrogens with zero attached hydrogens (tertiary/aromatic N) is 3. The SMILES string of the molecule is [2H]c1c([2H])c([2H])c(-c2nc(-c3c([2H])c([2H])c([2H])c([2H])c3[2H])nc(-c3cccc4oc5ccc(C6c7ccccc7-c7ccc(-c8ccccc8)cc76)cc5c34)n2)c([2H])c1[2H]. The Kier molecular flexibility index (Phi) is 4.60. The summed E-state index contributed by atoms with van der Waals surface area (Å²) in [4.78, 5) is 13.9. The van der Waals surface area contributed by atoms with Gasteiger partial charge in [0, 0.05) is 33.4 Å². The van der Waals surface area contributed by atoms with Crippen molar-refractivity contribution in [2.45, 2.75) is 5.92 Å². The van der Waals surface area contributed by atoms with E-state index in [-0.39, 0.29) is 34.5 Å². The lowest BCUT2D eigenvalue weighted by Crippen LogP contribution is -2.00. The van der Waals surface area contributed by atoms with E-state index >= 15 is 0 Å². The van der Waals surface area contributed by atoms with Crippen molar-refractivity contribution in [1.82, 2.24) is 15.0 Å². The minimum atomic E-state index is -0.612. The molecule has 0 radical (unpaired) electrons. The smallest absolute Gasteiger partial charge is 0.164 e. The number of hydrogen-bond donors (Lipinski definition) is 0. The molecule has 10 rings (SSSR count). The van der Waals surface area contributed by atoms with Gasteiger partial charge in [0.1, 0.15) is 11.2 Å². The predicted octanol–water partition coefficient (Wildman–Crippen LogP) is 11.6. The fraction of sp³-hybridized carbons (Fsp3) is 0.0217. The van der Waals surface area contributed by atoms with Gasteiger partial charge in [0.05, 0.1) is 13.7 Å². The fourth-order valence-electron chi connectivity index (χ4n) is 7.03. The van der Waals surface area contributed by atoms with Gasteiger partial charge in [-0.05, 0) is 63.2 Å². The van der Waals surface area contributed by atoms with Crippen molar-refractivity contribution in [3.63, 3.8) is 0 Å². The van der Waals surface area contributed by atoms with Crippen LogP contribution in [0.2, 0.25) is 0 Å². The zero-order valence-corrected chi connectivity index (χ0v) is 26.2. The summed E-state index contributed by atoms with van der Waals surface area (Å²) in [7, 11) is 0. The molecule has 2 heterocycles. The number of furan rings is 1. The molecule has 9 aromatic rings. The topological polar surface area (TPSA) is 51.8 Å². The Balaban J connectivity index is 1.22. The molecule has 1 atom stereocenters. The van der Waals surface area contributed by atoms with Crippen LogP contribution in [-0.2, 0) is 0 Å². The maximum Gasteiger partial charge on any atom is 0.164 e. The molecule has 1 aliphatic rings. The van der Waals surface area contributed by atoms with Gasteiger partial charge in [-0.25, -0.2) is 15.0 Å². The van der Waals surface area contributed by atoms with Gasteiger partial charge in [-0.3, -0.25) is 0 Å². The fourth-order valence-corrected chi connectivity index (χ4v) is 7.03. The highest BCUT2D eigenvalue weighted by Gasteiger charge is 2.31. The molecule has 0 N–H and O–H groups in total. The molecule has 50 heavy (non-hydrogen) atoms. The van der Waals surface area contributed by atoms with E-state index in [1.807, 2.05) is 36.4 Å². The third kappa shape index (κ3) is 4.65. The van der Waals surface area contributed by atoms with E-state index in [0.717, 1.165) is 44.3 Å². The quantitative estimate of drug-likeness (QED) is 0.186. The number of fused-ring (bicyclic) bond motifs is 6. The highest BCUT2D eigenvalue weighted by atomic mass is 16.3. The van der Waals surface area contributed by atoms with E-state index in [4.69, 9.17) is 28.1 Å². The Morgan fingerprint density at radius 1 is 0.460 bits per heavy atom. The average Bonchev–Trinajstić information content (AvgIpc) is 3.81. The highest BCUT2D eigenvalue weighted by molar-refractivity contribution is 6.12. The summed E-state index contributed by atoms with van der Waals surface area (Å²) >= 11 is 0. The molecule has 0 bridgehead atoms. The summed E-state index contributed by atoms with van der Waals surface area (Å²) in [6.07, 6.45) is 0. The number of aromatic nitrogens is 3. The Bertz CT molecular complexity index is 3150. The van der Waals surface area contributed by atoms with Gasteiger partial charge in [-0.1, -0.05) is 145 Å². The van der Waals surface area contributed by atoms with Gasteiger partial charge >= 0.3 is 0 Å². The van der Waals surface area contributed by atoms with Gasteiger partial charge in [0.15, 0.2) is 17.5 Å². The Labute approximate surface area is 303 Å². The normalized spacial score (nSPS) is 16.2. The van der Waals surface area contributed by atoms with Crippen molar-refractivity contribution in [1.29, 1.82) is 0 Å². The van der Waals surface area contributed by atoms with Crippen LogP contribution in [0.5, 0.6) is 0 Å². The molecule has 4 nitrogen and oxygen atoms in total. The van der Waals surface area contributed by atoms with Crippen LogP contribution in [0.4, 0.5) is 0 Å². The Morgan fingerprint density at radius 2 is 1.12 bits per heavy atom. The minimum Gasteiger partial charge on any atom is -0.456 e. The van der Waals surface area contributed by atoms with Crippen LogP contribution in [0.25, 0.3) is 78.4 Å². The van der Waals surface area contributed by atoms with E-state index < -0.39 is 60.4 Å². The summed E-state index contributed by atoms with van der Waals surface area (Å²) in [6, 6.07) is 30.6. The van der Waals surface area contributed by atoms with Crippen molar-refractivity contribution in [2.75, 3.05) is 0 Å². The first-order valence-electron chi connectivity index (χ1n) is 21.1. The van der Waals surface area contributed by atoms with E-state index in [1.165, 1.54) is 0 Å². The number of rotatable bonds is 5. The minimum absolute atomic E-state index is 0.0311. The van der Waals surface area contributed by atoms with Crippen LogP contribution in [-0.4, -0.2) is 15.0 Å². The molecule has 0 aliphatic heterocycles. The monoisotopic (exact) mass is 649 g/mol. The molecule has 0 amide bonds. The molecule has 0 fully saturated rings. The van der Waals surface area contributed by atoms with Crippen LogP contribution in [0.15, 0.2) is 174 Å². The van der Waals surface area contributed by atoms with Gasteiger partial charge in [-0.15, -0.1) is 0 Å². The molecule has 2 aromatic heterocycles. The zero-order chi connectivity index (χ0) is 41.7. The Morgan fingerprint density at radius 3 is 1.88 bits per heavy atom. The second-order valence-corrected chi connectivity index (χ2v) is 12.0. The van der Waals surface area contributed by atoms with Crippen molar-refractivity contribution < 1.29 is 18.1 Å². The summed E-state index contributed by atoms with van der Waals surface area (Å²) in [5.74, 6) is -0.822. The lowest BCUT2D eigenvalue weighted by atomic mass is 9.87. The van der Waals surface area contributed by atoms with Crippen LogP contribution >= 0.6 is 0 Å². The maximum absolute atomic E-state index is 8.74. The molecule has 0 saturated carbocycles. The lowest BCUT2D eigenvalue weighted by molar-refractivity contribution is 0.668. The predicted molar refractivity (Wildman–Crippen MR) is 202 cm³/mol. The van der Waals surface area contributed by atoms with E-state index in [9.17, 15) is 0 Å². The molecule has 234 valence electrons. The third-order valence-electron chi connectivity index (χ3n) is 9.21. The summed E-state index contributed by atoms with van der Waals surface area (Å²) in [5, 5.41) is 1.35. The van der Waals surface area contributed by atoms with Gasteiger partial charge < -0.3 is 4.42 Å². The number of benzene rings is 7. The van der Waals surface area contributed by atoms with E-state index in [2.05, 4.69) is 59.6 Å². The van der Waals surface area contributed by atoms with Crippen LogP contribution in [0.3, 0.4) is 0 Å². The van der Waals surface area contributed by atoms with Gasteiger partial charge in [-0.2, -0.15) is 0 Å². The summed E-state index contributed by atoms with van der Waals surface area (Å²) in [5.41, 5.74) is 8.67. The second kappa shape index (κ2) is 11.5. The molecular formula is C46H29N3O. The molecule has 4 heteroatoms. The molecule has 1 aliphatic carbocycles. The highest BCUT2D eigenvalue weighted by Crippen LogP contribution is 2.50. The molecule has 0 saturated heterocycles. The van der Waals surface area contributed by atoms with Crippen LogP contribution in [0, 0.1) is 0 Å². The average molecular weight is 650 g/mol. The molecule has 7 aromatic carbocycles. The molecule has 1 unspecified atom stereocenters. The standard InChI is InChI=1S/C46H29N3O/c1-4-13-29(14-5-1)32-23-25-35-34-19-10-11-20-36(34)42(38(35)27-32)33-24-26-40-39(28-33)43-37(21-12-22-41(43)50-40)46-48-44(30-15-6-2-7-16-30)47-45(49-46)31-17-8-3-9-18-31/h1-28,42H/i2D,3D,6D,7D,8D,9D,15D,16D,17D,18D. The van der Waals surface area contributed by atoms with Gasteiger partial charge in [0.25, 0.3) is 0 Å². The third-order valence-corrected chi connectivity index (χ3v) is 9.21.